The van der Waals surface area contributed by atoms with Crippen molar-refractivity contribution in [1.29, 1.82) is 0 Å². The van der Waals surface area contributed by atoms with Crippen molar-refractivity contribution in [3.63, 3.8) is 0 Å². The van der Waals surface area contributed by atoms with Crippen molar-refractivity contribution < 1.29 is 13.9 Å². The van der Waals surface area contributed by atoms with Gasteiger partial charge in [0.1, 0.15) is 17.4 Å². The normalized spacial score (nSPS) is 17.3. The van der Waals surface area contributed by atoms with Crippen molar-refractivity contribution >= 4 is 23.2 Å². The van der Waals surface area contributed by atoms with Gasteiger partial charge in [-0.3, -0.25) is 9.20 Å². The highest BCUT2D eigenvalue weighted by atomic mass is 35.5. The Balaban J connectivity index is 1.42. The number of hydrogen-bond donors (Lipinski definition) is 0. The summed E-state index contributed by atoms with van der Waals surface area (Å²) in [5, 5.41) is 8.66. The lowest BCUT2D eigenvalue weighted by Gasteiger charge is -2.32. The van der Waals surface area contributed by atoms with Crippen LogP contribution in [-0.2, 0) is 4.79 Å². The largest absolute Gasteiger partial charge is 0.482 e. The minimum Gasteiger partial charge on any atom is -0.482 e. The highest BCUT2D eigenvalue weighted by Crippen LogP contribution is 2.27. The van der Waals surface area contributed by atoms with Crippen LogP contribution in [0.5, 0.6) is 5.75 Å². The summed E-state index contributed by atoms with van der Waals surface area (Å²) in [7, 11) is 0. The van der Waals surface area contributed by atoms with Crippen LogP contribution in [-0.4, -0.2) is 45.1 Å². The van der Waals surface area contributed by atoms with E-state index in [1.807, 2.05) is 28.8 Å². The molecule has 3 heterocycles. The van der Waals surface area contributed by atoms with E-state index in [1.165, 1.54) is 12.1 Å². The van der Waals surface area contributed by atoms with Crippen LogP contribution in [0.1, 0.15) is 24.6 Å². The van der Waals surface area contributed by atoms with Crippen LogP contribution < -0.4 is 4.74 Å². The van der Waals surface area contributed by atoms with Gasteiger partial charge in [0.2, 0.25) is 0 Å². The van der Waals surface area contributed by atoms with Gasteiger partial charge in [0.15, 0.2) is 12.3 Å². The maximum Gasteiger partial charge on any atom is 0.260 e. The molecule has 1 atom stereocenters. The molecule has 3 aromatic rings. The number of likely N-dealkylation sites (tertiary alicyclic amines) is 1. The summed E-state index contributed by atoms with van der Waals surface area (Å²) in [5.74, 6) is 0.704. The summed E-state index contributed by atoms with van der Waals surface area (Å²) in [4.78, 5) is 14.3. The molecule has 1 aromatic carbocycles. The molecule has 0 N–H and O–H groups in total. The third-order valence-electron chi connectivity index (χ3n) is 4.72. The number of benzene rings is 1. The molecule has 6 nitrogen and oxygen atoms in total. The number of pyridine rings is 1. The van der Waals surface area contributed by atoms with Gasteiger partial charge in [-0.1, -0.05) is 17.7 Å². The Morgan fingerprint density at radius 3 is 3.04 bits per heavy atom. The summed E-state index contributed by atoms with van der Waals surface area (Å²) in [6.45, 7) is 1.10. The summed E-state index contributed by atoms with van der Waals surface area (Å²) < 4.78 is 20.5. The van der Waals surface area contributed by atoms with Crippen molar-refractivity contribution in [2.45, 2.75) is 18.8 Å². The van der Waals surface area contributed by atoms with Crippen LogP contribution in [0, 0.1) is 5.82 Å². The Kier molecular flexibility index (Phi) is 4.94. The number of carbonyl (C=O) groups excluding carboxylic acids is 1. The quantitative estimate of drug-likeness (QED) is 0.688. The van der Waals surface area contributed by atoms with Crippen LogP contribution in [0.2, 0.25) is 5.02 Å². The SMILES string of the molecule is O=C(COc1ccc(F)cc1Cl)N1CCC[C@H](c2nnc3ccccn23)C1. The second-order valence-corrected chi connectivity index (χ2v) is 6.94. The van der Waals surface area contributed by atoms with E-state index >= 15 is 0 Å². The lowest BCUT2D eigenvalue weighted by molar-refractivity contribution is -0.134. The number of hydrogen-bond acceptors (Lipinski definition) is 4. The zero-order chi connectivity index (χ0) is 18.8. The molecule has 0 spiro atoms. The Hall–Kier alpha value is -2.67. The molecule has 0 saturated carbocycles. The topological polar surface area (TPSA) is 59.7 Å². The molecule has 1 saturated heterocycles. The first-order chi connectivity index (χ1) is 13.1. The van der Waals surface area contributed by atoms with Gasteiger partial charge in [-0.15, -0.1) is 10.2 Å². The van der Waals surface area contributed by atoms with E-state index in [2.05, 4.69) is 10.2 Å². The van der Waals surface area contributed by atoms with Crippen LogP contribution in [0.3, 0.4) is 0 Å². The molecule has 1 aliphatic heterocycles. The maximum atomic E-state index is 13.1. The zero-order valence-electron chi connectivity index (χ0n) is 14.5. The fraction of sp³-hybridized carbons (Fsp3) is 0.316. The lowest BCUT2D eigenvalue weighted by Crippen LogP contribution is -2.42. The zero-order valence-corrected chi connectivity index (χ0v) is 15.3. The van der Waals surface area contributed by atoms with Gasteiger partial charge in [-0.25, -0.2) is 4.39 Å². The van der Waals surface area contributed by atoms with Gasteiger partial charge in [0.05, 0.1) is 5.02 Å². The first kappa shape index (κ1) is 17.7. The third-order valence-corrected chi connectivity index (χ3v) is 5.02. The number of halogens is 2. The summed E-state index contributed by atoms with van der Waals surface area (Å²) in [6.07, 6.45) is 3.77. The van der Waals surface area contributed by atoms with Crippen molar-refractivity contribution in [2.24, 2.45) is 0 Å². The predicted octanol–water partition coefficient (Wildman–Crippen LogP) is 3.31. The average molecular weight is 389 g/mol. The molecule has 27 heavy (non-hydrogen) atoms. The molecule has 0 aliphatic carbocycles. The maximum absolute atomic E-state index is 13.1. The second-order valence-electron chi connectivity index (χ2n) is 6.53. The Morgan fingerprint density at radius 1 is 1.30 bits per heavy atom. The smallest absolute Gasteiger partial charge is 0.260 e. The number of fused-ring (bicyclic) bond motifs is 1. The predicted molar refractivity (Wildman–Crippen MR) is 98.4 cm³/mol. The average Bonchev–Trinajstić information content (AvgIpc) is 3.11. The summed E-state index contributed by atoms with van der Waals surface area (Å²) >= 11 is 5.94. The van der Waals surface area contributed by atoms with Crippen LogP contribution in [0.25, 0.3) is 5.65 Å². The van der Waals surface area contributed by atoms with Crippen molar-refractivity contribution in [2.75, 3.05) is 19.7 Å². The fourth-order valence-corrected chi connectivity index (χ4v) is 3.60. The Labute approximate surface area is 160 Å². The van der Waals surface area contributed by atoms with E-state index in [0.29, 0.717) is 18.8 Å². The van der Waals surface area contributed by atoms with E-state index in [4.69, 9.17) is 16.3 Å². The van der Waals surface area contributed by atoms with E-state index in [-0.39, 0.29) is 23.5 Å². The molecule has 2 aromatic heterocycles. The van der Waals surface area contributed by atoms with Gasteiger partial charge in [-0.2, -0.15) is 0 Å². The number of piperidine rings is 1. The molecular weight excluding hydrogens is 371 g/mol. The highest BCUT2D eigenvalue weighted by molar-refractivity contribution is 6.32. The van der Waals surface area contributed by atoms with Crippen LogP contribution in [0.15, 0.2) is 42.6 Å². The van der Waals surface area contributed by atoms with Crippen molar-refractivity contribution in [3.05, 3.63) is 59.3 Å². The molecule has 0 bridgehead atoms. The minimum absolute atomic E-state index is 0.120. The van der Waals surface area contributed by atoms with Crippen molar-refractivity contribution in [3.8, 4) is 5.75 Å². The molecule has 1 aliphatic rings. The van der Waals surface area contributed by atoms with Crippen molar-refractivity contribution in [1.82, 2.24) is 19.5 Å². The van der Waals surface area contributed by atoms with E-state index < -0.39 is 5.82 Å². The van der Waals surface area contributed by atoms with E-state index in [0.717, 1.165) is 30.4 Å². The van der Waals surface area contributed by atoms with Gasteiger partial charge >= 0.3 is 0 Å². The third kappa shape index (κ3) is 3.73. The number of aromatic nitrogens is 3. The summed E-state index contributed by atoms with van der Waals surface area (Å²) in [6, 6.07) is 9.59. The number of rotatable bonds is 4. The summed E-state index contributed by atoms with van der Waals surface area (Å²) in [5.41, 5.74) is 0.797. The molecule has 1 amide bonds. The van der Waals surface area contributed by atoms with Gasteiger partial charge in [0.25, 0.3) is 5.91 Å². The number of ether oxygens (including phenoxy) is 1. The standard InChI is InChI=1S/C19H18ClFN4O2/c20-15-10-14(21)6-7-16(15)27-12-18(26)24-8-3-4-13(11-24)19-23-22-17-5-1-2-9-25(17)19/h1-2,5-7,9-10,13H,3-4,8,11-12H2/t13-/m0/s1. The molecular formula is C19H18ClFN4O2. The highest BCUT2D eigenvalue weighted by Gasteiger charge is 2.28. The van der Waals surface area contributed by atoms with Gasteiger partial charge < -0.3 is 9.64 Å². The molecule has 8 heteroatoms. The minimum atomic E-state index is -0.446. The molecule has 4 rings (SSSR count). The van der Waals surface area contributed by atoms with Crippen LogP contribution >= 0.6 is 11.6 Å². The van der Waals surface area contributed by atoms with Crippen LogP contribution in [0.4, 0.5) is 4.39 Å². The Morgan fingerprint density at radius 2 is 2.19 bits per heavy atom. The second kappa shape index (κ2) is 7.52. The lowest BCUT2D eigenvalue weighted by atomic mass is 9.97. The van der Waals surface area contributed by atoms with E-state index in [1.54, 1.807) is 4.90 Å². The number of amides is 1. The van der Waals surface area contributed by atoms with Gasteiger partial charge in [-0.05, 0) is 43.2 Å². The fourth-order valence-electron chi connectivity index (χ4n) is 3.38. The number of carbonyl (C=O) groups is 1. The monoisotopic (exact) mass is 388 g/mol. The van der Waals surface area contributed by atoms with E-state index in [9.17, 15) is 9.18 Å². The molecule has 0 radical (unpaired) electrons. The first-order valence-electron chi connectivity index (χ1n) is 8.77. The van der Waals surface area contributed by atoms with Gasteiger partial charge in [0, 0.05) is 25.2 Å². The first-order valence-corrected chi connectivity index (χ1v) is 9.15. The number of nitrogens with zero attached hydrogens (tertiary/aromatic N) is 4. The molecule has 140 valence electrons. The molecule has 1 fully saturated rings. The molecule has 0 unspecified atom stereocenters. The Bertz CT molecular complexity index is 977.